The van der Waals surface area contributed by atoms with E-state index in [0.717, 1.165) is 5.92 Å². The fraction of sp³-hybridized carbons (Fsp3) is 0.560. The lowest BCUT2D eigenvalue weighted by molar-refractivity contribution is 0.0692. The van der Waals surface area contributed by atoms with Crippen molar-refractivity contribution in [1.82, 2.24) is 20.0 Å². The summed E-state index contributed by atoms with van der Waals surface area (Å²) in [6, 6.07) is 6.05. The molecule has 5 unspecified atom stereocenters. The van der Waals surface area contributed by atoms with E-state index in [9.17, 15) is 14.0 Å². The van der Waals surface area contributed by atoms with Gasteiger partial charge in [0.25, 0.3) is 5.91 Å². The third-order valence-corrected chi connectivity index (χ3v) is 7.80. The van der Waals surface area contributed by atoms with Crippen LogP contribution in [0.15, 0.2) is 24.3 Å². The van der Waals surface area contributed by atoms with Crippen LogP contribution in [-0.4, -0.2) is 39.2 Å². The van der Waals surface area contributed by atoms with Gasteiger partial charge in [-0.2, -0.15) is 5.10 Å². The molecule has 2 heterocycles. The number of carbonyl (C=O) groups excluding carboxylic acids is 2. The molecule has 1 aromatic heterocycles. The number of rotatable bonds is 3. The van der Waals surface area contributed by atoms with Gasteiger partial charge in [0.2, 0.25) is 0 Å². The van der Waals surface area contributed by atoms with Crippen molar-refractivity contribution >= 4 is 11.9 Å². The number of hydrogen-bond acceptors (Lipinski definition) is 3. The summed E-state index contributed by atoms with van der Waals surface area (Å²) in [5, 5.41) is 7.88. The molecule has 3 amide bonds. The van der Waals surface area contributed by atoms with E-state index < -0.39 is 11.7 Å². The van der Waals surface area contributed by atoms with E-state index in [2.05, 4.69) is 24.3 Å². The molecule has 176 valence electrons. The van der Waals surface area contributed by atoms with E-state index in [0.29, 0.717) is 47.8 Å². The van der Waals surface area contributed by atoms with Gasteiger partial charge in [-0.1, -0.05) is 26.0 Å². The SMILES string of the molecule is CC1CC2CC(C)C(NC(=O)N3CCn4nc(-c5cccc(F)c5)c(C(N)=O)c4C3)C(C1)C2. The molecule has 1 aliphatic heterocycles. The van der Waals surface area contributed by atoms with Gasteiger partial charge in [0, 0.05) is 18.2 Å². The summed E-state index contributed by atoms with van der Waals surface area (Å²) >= 11 is 0. The second-order valence-electron chi connectivity index (χ2n) is 10.3. The average molecular weight is 454 g/mol. The first-order valence-electron chi connectivity index (χ1n) is 12.0. The molecule has 2 aromatic rings. The summed E-state index contributed by atoms with van der Waals surface area (Å²) in [4.78, 5) is 27.4. The minimum atomic E-state index is -0.624. The molecule has 8 heteroatoms. The van der Waals surface area contributed by atoms with Crippen molar-refractivity contribution in [2.75, 3.05) is 6.54 Å². The van der Waals surface area contributed by atoms with Crippen LogP contribution in [0.5, 0.6) is 0 Å². The molecule has 5 rings (SSSR count). The molecule has 2 saturated carbocycles. The van der Waals surface area contributed by atoms with Gasteiger partial charge >= 0.3 is 6.03 Å². The zero-order chi connectivity index (χ0) is 23.3. The van der Waals surface area contributed by atoms with E-state index in [4.69, 9.17) is 5.73 Å². The maximum absolute atomic E-state index is 13.8. The van der Waals surface area contributed by atoms with E-state index in [1.807, 2.05) is 0 Å². The lowest BCUT2D eigenvalue weighted by Gasteiger charge is -2.47. The summed E-state index contributed by atoms with van der Waals surface area (Å²) in [7, 11) is 0. The van der Waals surface area contributed by atoms with E-state index in [-0.39, 0.29) is 24.2 Å². The highest BCUT2D eigenvalue weighted by atomic mass is 19.1. The van der Waals surface area contributed by atoms with Crippen LogP contribution in [0.2, 0.25) is 0 Å². The van der Waals surface area contributed by atoms with Crippen LogP contribution in [-0.2, 0) is 13.1 Å². The van der Waals surface area contributed by atoms with Crippen molar-refractivity contribution in [2.45, 2.75) is 58.7 Å². The molecule has 1 aromatic carbocycles. The van der Waals surface area contributed by atoms with Crippen molar-refractivity contribution in [1.29, 1.82) is 0 Å². The maximum atomic E-state index is 13.8. The Balaban J connectivity index is 1.36. The standard InChI is InChI=1S/C25H32FN5O2/c1-14-8-16-10-15(2)22(18(9-14)11-16)28-25(33)30-6-7-31-20(13-30)21(24(27)32)23(29-31)17-4-3-5-19(26)12-17/h3-5,12,14-16,18,22H,6-11,13H2,1-2H3,(H2,27,32)(H,28,33). The highest BCUT2D eigenvalue weighted by Crippen LogP contribution is 2.45. The number of nitrogens with two attached hydrogens (primary N) is 1. The van der Waals surface area contributed by atoms with Gasteiger partial charge in [-0.3, -0.25) is 9.48 Å². The Labute approximate surface area is 193 Å². The molecule has 0 spiro atoms. The van der Waals surface area contributed by atoms with Gasteiger partial charge in [0.05, 0.1) is 24.3 Å². The highest BCUT2D eigenvalue weighted by Gasteiger charge is 2.41. The lowest BCUT2D eigenvalue weighted by atomic mass is 9.63. The van der Waals surface area contributed by atoms with Crippen LogP contribution in [0.25, 0.3) is 11.3 Å². The Bertz CT molecular complexity index is 1080. The summed E-state index contributed by atoms with van der Waals surface area (Å²) < 4.78 is 15.5. The molecule has 2 fully saturated rings. The maximum Gasteiger partial charge on any atom is 0.318 e. The number of carbonyl (C=O) groups is 2. The molecule has 33 heavy (non-hydrogen) atoms. The summed E-state index contributed by atoms with van der Waals surface area (Å²) in [5.41, 5.74) is 7.43. The number of nitrogens with one attached hydrogen (secondary N) is 1. The average Bonchev–Trinajstić information content (AvgIpc) is 3.15. The zero-order valence-corrected chi connectivity index (χ0v) is 19.3. The van der Waals surface area contributed by atoms with Crippen molar-refractivity contribution in [3.05, 3.63) is 41.3 Å². The third-order valence-electron chi connectivity index (χ3n) is 7.80. The Morgan fingerprint density at radius 3 is 2.73 bits per heavy atom. The quantitative estimate of drug-likeness (QED) is 0.741. The minimum Gasteiger partial charge on any atom is -0.365 e. The van der Waals surface area contributed by atoms with Gasteiger partial charge in [-0.15, -0.1) is 0 Å². The summed E-state index contributed by atoms with van der Waals surface area (Å²) in [6.45, 7) is 5.77. The lowest BCUT2D eigenvalue weighted by Crippen LogP contribution is -2.55. The molecule has 0 radical (unpaired) electrons. The number of nitrogens with zero attached hydrogens (tertiary/aromatic N) is 3. The first-order chi connectivity index (χ1) is 15.8. The Morgan fingerprint density at radius 2 is 1.97 bits per heavy atom. The van der Waals surface area contributed by atoms with Crippen LogP contribution < -0.4 is 11.1 Å². The number of aromatic nitrogens is 2. The predicted molar refractivity (Wildman–Crippen MR) is 123 cm³/mol. The Kier molecular flexibility index (Phi) is 5.62. The molecule has 3 aliphatic rings. The van der Waals surface area contributed by atoms with Crippen molar-refractivity contribution in [3.8, 4) is 11.3 Å². The van der Waals surface area contributed by atoms with Crippen LogP contribution in [0.3, 0.4) is 0 Å². The molecule has 2 aliphatic carbocycles. The van der Waals surface area contributed by atoms with Gasteiger partial charge in [0.15, 0.2) is 0 Å². The van der Waals surface area contributed by atoms with Gasteiger partial charge in [-0.25, -0.2) is 9.18 Å². The van der Waals surface area contributed by atoms with E-state index in [1.165, 1.54) is 37.8 Å². The van der Waals surface area contributed by atoms with Crippen molar-refractivity contribution in [3.63, 3.8) is 0 Å². The fourth-order valence-electron chi connectivity index (χ4n) is 6.51. The van der Waals surface area contributed by atoms with E-state index >= 15 is 0 Å². The topological polar surface area (TPSA) is 93.2 Å². The van der Waals surface area contributed by atoms with Gasteiger partial charge < -0.3 is 16.0 Å². The molecule has 3 N–H and O–H groups in total. The van der Waals surface area contributed by atoms with Crippen LogP contribution in [0, 0.1) is 29.5 Å². The Hall–Kier alpha value is -2.90. The number of fused-ring (bicyclic) bond motifs is 3. The number of urea groups is 1. The normalized spacial score (nSPS) is 28.8. The number of halogens is 1. The fourth-order valence-corrected chi connectivity index (χ4v) is 6.51. The monoisotopic (exact) mass is 453 g/mol. The second kappa shape index (κ2) is 8.47. The van der Waals surface area contributed by atoms with Crippen molar-refractivity contribution in [2.24, 2.45) is 29.4 Å². The van der Waals surface area contributed by atoms with Gasteiger partial charge in [0.1, 0.15) is 11.5 Å². The largest absolute Gasteiger partial charge is 0.365 e. The first-order valence-corrected chi connectivity index (χ1v) is 12.0. The zero-order valence-electron chi connectivity index (χ0n) is 19.3. The third kappa shape index (κ3) is 4.11. The van der Waals surface area contributed by atoms with Gasteiger partial charge in [-0.05, 0) is 61.5 Å². The summed E-state index contributed by atoms with van der Waals surface area (Å²) in [5.74, 6) is 1.45. The number of amides is 3. The second-order valence-corrected chi connectivity index (χ2v) is 10.3. The van der Waals surface area contributed by atoms with Crippen LogP contribution in [0.4, 0.5) is 9.18 Å². The van der Waals surface area contributed by atoms with E-state index in [1.54, 1.807) is 21.7 Å². The molecule has 2 bridgehead atoms. The summed E-state index contributed by atoms with van der Waals surface area (Å²) in [6.07, 6.45) is 4.85. The predicted octanol–water partition coefficient (Wildman–Crippen LogP) is 3.77. The molecule has 0 saturated heterocycles. The molecule has 5 atom stereocenters. The number of primary amides is 1. The number of benzene rings is 1. The minimum absolute atomic E-state index is 0.0984. The first kappa shape index (κ1) is 21.9. The van der Waals surface area contributed by atoms with Crippen LogP contribution >= 0.6 is 0 Å². The smallest absolute Gasteiger partial charge is 0.318 e. The molecular formula is C25H32FN5O2. The number of hydrogen-bond donors (Lipinski definition) is 2. The van der Waals surface area contributed by atoms with Crippen molar-refractivity contribution < 1.29 is 14.0 Å². The highest BCUT2D eigenvalue weighted by molar-refractivity contribution is 6.00. The molecular weight excluding hydrogens is 421 g/mol. The Morgan fingerprint density at radius 1 is 1.15 bits per heavy atom. The molecule has 7 nitrogen and oxygen atoms in total. The van der Waals surface area contributed by atoms with Crippen LogP contribution in [0.1, 0.15) is 55.6 Å².